The van der Waals surface area contributed by atoms with Crippen LogP contribution >= 0.6 is 0 Å². The largest absolute Gasteiger partial charge is 0.490 e. The van der Waals surface area contributed by atoms with Crippen molar-refractivity contribution in [2.45, 2.75) is 31.9 Å². The van der Waals surface area contributed by atoms with E-state index in [1.807, 2.05) is 6.92 Å². The van der Waals surface area contributed by atoms with Crippen molar-refractivity contribution < 1.29 is 14.8 Å². The molecular formula is C12H18N2O4. The van der Waals surface area contributed by atoms with Gasteiger partial charge in [-0.2, -0.15) is 0 Å². The van der Waals surface area contributed by atoms with Gasteiger partial charge in [0.05, 0.1) is 24.2 Å². The van der Waals surface area contributed by atoms with E-state index in [0.717, 1.165) is 6.42 Å². The molecule has 0 aliphatic rings. The molecule has 6 nitrogen and oxygen atoms in total. The van der Waals surface area contributed by atoms with Gasteiger partial charge in [0.2, 0.25) is 0 Å². The number of hydrogen-bond donors (Lipinski definition) is 2. The van der Waals surface area contributed by atoms with Crippen LogP contribution in [0.1, 0.15) is 31.4 Å². The van der Waals surface area contributed by atoms with E-state index in [0.29, 0.717) is 12.0 Å². The first-order chi connectivity index (χ1) is 8.51. The summed E-state index contributed by atoms with van der Waals surface area (Å²) in [4.78, 5) is 10.3. The van der Waals surface area contributed by atoms with Gasteiger partial charge < -0.3 is 15.6 Å². The topological polar surface area (TPSA) is 98.6 Å². The third-order valence-corrected chi connectivity index (χ3v) is 2.78. The summed E-state index contributed by atoms with van der Waals surface area (Å²) in [5.41, 5.74) is 6.26. The van der Waals surface area contributed by atoms with Crippen LogP contribution in [-0.4, -0.2) is 23.2 Å². The molecule has 0 aliphatic carbocycles. The predicted octanol–water partition coefficient (Wildman–Crippen LogP) is 1.76. The number of aliphatic hydroxyl groups excluding tert-OH is 1. The minimum absolute atomic E-state index is 0.144. The standard InChI is InChI=1S/C12H18N2O4/c1-3-4-10(15)12(13)8-5-6-11(18-2)9(7-8)14(16)17/h5-7,10,12,15H,3-4,13H2,1-2H3/t10-,12+/m0/s1. The minimum Gasteiger partial charge on any atom is -0.490 e. The van der Waals surface area contributed by atoms with Crippen molar-refractivity contribution in [1.82, 2.24) is 0 Å². The Morgan fingerprint density at radius 1 is 1.56 bits per heavy atom. The molecule has 0 aliphatic heterocycles. The zero-order valence-corrected chi connectivity index (χ0v) is 10.5. The van der Waals surface area contributed by atoms with E-state index in [-0.39, 0.29) is 11.4 Å². The highest BCUT2D eigenvalue weighted by molar-refractivity contribution is 5.49. The van der Waals surface area contributed by atoms with Crippen LogP contribution in [0.15, 0.2) is 18.2 Å². The normalized spacial score (nSPS) is 14.0. The molecule has 0 unspecified atom stereocenters. The van der Waals surface area contributed by atoms with Crippen LogP contribution < -0.4 is 10.5 Å². The molecule has 0 amide bonds. The summed E-state index contributed by atoms with van der Waals surface area (Å²) in [6.45, 7) is 1.94. The molecule has 18 heavy (non-hydrogen) atoms. The number of ether oxygens (including phenoxy) is 1. The number of nitro groups is 1. The van der Waals surface area contributed by atoms with Gasteiger partial charge in [-0.05, 0) is 18.1 Å². The molecule has 1 rings (SSSR count). The van der Waals surface area contributed by atoms with Crippen molar-refractivity contribution in [2.75, 3.05) is 7.11 Å². The summed E-state index contributed by atoms with van der Waals surface area (Å²) in [5.74, 6) is 0.181. The Hall–Kier alpha value is -1.66. The van der Waals surface area contributed by atoms with E-state index < -0.39 is 17.1 Å². The molecule has 0 aromatic heterocycles. The Bertz CT molecular complexity index is 423. The van der Waals surface area contributed by atoms with Crippen molar-refractivity contribution in [3.63, 3.8) is 0 Å². The smallest absolute Gasteiger partial charge is 0.311 e. The highest BCUT2D eigenvalue weighted by Gasteiger charge is 2.21. The molecule has 6 heteroatoms. The lowest BCUT2D eigenvalue weighted by Crippen LogP contribution is -2.26. The van der Waals surface area contributed by atoms with Gasteiger partial charge in [0.15, 0.2) is 5.75 Å². The van der Waals surface area contributed by atoms with Gasteiger partial charge in [0.25, 0.3) is 0 Å². The van der Waals surface area contributed by atoms with Gasteiger partial charge in [-0.3, -0.25) is 10.1 Å². The van der Waals surface area contributed by atoms with Crippen LogP contribution in [0.2, 0.25) is 0 Å². The molecule has 0 saturated carbocycles. The summed E-state index contributed by atoms with van der Waals surface area (Å²) < 4.78 is 4.90. The fourth-order valence-corrected chi connectivity index (χ4v) is 1.75. The third kappa shape index (κ3) is 3.18. The summed E-state index contributed by atoms with van der Waals surface area (Å²) in [7, 11) is 1.37. The maximum atomic E-state index is 10.9. The molecule has 0 spiro atoms. The number of rotatable bonds is 6. The minimum atomic E-state index is -0.706. The van der Waals surface area contributed by atoms with Gasteiger partial charge in [-0.1, -0.05) is 19.4 Å². The molecule has 1 aromatic carbocycles. The van der Waals surface area contributed by atoms with E-state index in [4.69, 9.17) is 10.5 Å². The van der Waals surface area contributed by atoms with Crippen LogP contribution in [0.25, 0.3) is 0 Å². The van der Waals surface area contributed by atoms with Crippen molar-refractivity contribution in [3.8, 4) is 5.75 Å². The lowest BCUT2D eigenvalue weighted by Gasteiger charge is -2.18. The van der Waals surface area contributed by atoms with Gasteiger partial charge in [-0.15, -0.1) is 0 Å². The monoisotopic (exact) mass is 254 g/mol. The quantitative estimate of drug-likeness (QED) is 0.595. The first-order valence-electron chi connectivity index (χ1n) is 5.77. The number of methoxy groups -OCH3 is 1. The lowest BCUT2D eigenvalue weighted by molar-refractivity contribution is -0.385. The van der Waals surface area contributed by atoms with Crippen molar-refractivity contribution >= 4 is 5.69 Å². The Kier molecular flexibility index (Phi) is 5.06. The zero-order chi connectivity index (χ0) is 13.7. The Morgan fingerprint density at radius 3 is 2.72 bits per heavy atom. The number of nitro benzene ring substituents is 1. The maximum absolute atomic E-state index is 10.9. The third-order valence-electron chi connectivity index (χ3n) is 2.78. The van der Waals surface area contributed by atoms with Crippen molar-refractivity contribution in [2.24, 2.45) is 5.73 Å². The second-order valence-electron chi connectivity index (χ2n) is 4.07. The first kappa shape index (κ1) is 14.4. The molecule has 2 atom stereocenters. The highest BCUT2D eigenvalue weighted by atomic mass is 16.6. The molecule has 1 aromatic rings. The van der Waals surface area contributed by atoms with Gasteiger partial charge in [-0.25, -0.2) is 0 Å². The average molecular weight is 254 g/mol. The van der Waals surface area contributed by atoms with E-state index in [1.54, 1.807) is 6.07 Å². The van der Waals surface area contributed by atoms with Crippen molar-refractivity contribution in [1.29, 1.82) is 0 Å². The highest BCUT2D eigenvalue weighted by Crippen LogP contribution is 2.30. The van der Waals surface area contributed by atoms with Crippen LogP contribution in [0.3, 0.4) is 0 Å². The van der Waals surface area contributed by atoms with Crippen LogP contribution in [0.5, 0.6) is 5.75 Å². The van der Waals surface area contributed by atoms with Crippen molar-refractivity contribution in [3.05, 3.63) is 33.9 Å². The fraction of sp³-hybridized carbons (Fsp3) is 0.500. The zero-order valence-electron chi connectivity index (χ0n) is 10.5. The number of hydrogen-bond acceptors (Lipinski definition) is 5. The summed E-state index contributed by atoms with van der Waals surface area (Å²) >= 11 is 0. The van der Waals surface area contributed by atoms with Gasteiger partial charge in [0, 0.05) is 6.07 Å². The first-order valence-corrected chi connectivity index (χ1v) is 5.77. The second kappa shape index (κ2) is 6.32. The molecular weight excluding hydrogens is 236 g/mol. The van der Waals surface area contributed by atoms with Gasteiger partial charge >= 0.3 is 5.69 Å². The van der Waals surface area contributed by atoms with E-state index in [9.17, 15) is 15.2 Å². The van der Waals surface area contributed by atoms with E-state index >= 15 is 0 Å². The van der Waals surface area contributed by atoms with E-state index in [1.165, 1.54) is 19.2 Å². The summed E-state index contributed by atoms with van der Waals surface area (Å²) in [5, 5.41) is 20.7. The van der Waals surface area contributed by atoms with E-state index in [2.05, 4.69) is 0 Å². The summed E-state index contributed by atoms with van der Waals surface area (Å²) in [6.07, 6.45) is 0.650. The summed E-state index contributed by atoms with van der Waals surface area (Å²) in [6, 6.07) is 3.85. The lowest BCUT2D eigenvalue weighted by atomic mass is 9.98. The maximum Gasteiger partial charge on any atom is 0.311 e. The molecule has 0 radical (unpaired) electrons. The van der Waals surface area contributed by atoms with Crippen LogP contribution in [-0.2, 0) is 0 Å². The fourth-order valence-electron chi connectivity index (χ4n) is 1.75. The molecule has 100 valence electrons. The predicted molar refractivity (Wildman–Crippen MR) is 67.5 cm³/mol. The van der Waals surface area contributed by atoms with Crippen LogP contribution in [0.4, 0.5) is 5.69 Å². The number of benzene rings is 1. The Labute approximate surface area is 106 Å². The van der Waals surface area contributed by atoms with Crippen LogP contribution in [0, 0.1) is 10.1 Å². The number of aliphatic hydroxyl groups is 1. The molecule has 0 saturated heterocycles. The van der Waals surface area contributed by atoms with Gasteiger partial charge in [0.1, 0.15) is 0 Å². The number of nitrogens with zero attached hydrogens (tertiary/aromatic N) is 1. The molecule has 0 heterocycles. The SMILES string of the molecule is CCC[C@H](O)[C@H](N)c1ccc(OC)c([N+](=O)[O-])c1. The molecule has 3 N–H and O–H groups in total. The number of nitrogens with two attached hydrogens (primary N) is 1. The molecule has 0 bridgehead atoms. The Morgan fingerprint density at radius 2 is 2.22 bits per heavy atom. The average Bonchev–Trinajstić information content (AvgIpc) is 2.37. The molecule has 0 fully saturated rings. The second-order valence-corrected chi connectivity index (χ2v) is 4.07. The Balaban J connectivity index is 3.04.